The third kappa shape index (κ3) is 4.45. The molecular formula is C17H26N2O3. The zero-order chi connectivity index (χ0) is 15.9. The van der Waals surface area contributed by atoms with Gasteiger partial charge in [0, 0.05) is 31.7 Å². The molecule has 1 aromatic carbocycles. The van der Waals surface area contributed by atoms with E-state index in [1.54, 1.807) is 4.90 Å². The molecule has 1 atom stereocenters. The number of hydrogen-bond donors (Lipinski definition) is 1. The maximum atomic E-state index is 12.2. The van der Waals surface area contributed by atoms with E-state index in [2.05, 4.69) is 18.7 Å². The molecule has 1 amide bonds. The van der Waals surface area contributed by atoms with Crippen molar-refractivity contribution in [2.45, 2.75) is 39.0 Å². The van der Waals surface area contributed by atoms with Crippen LogP contribution >= 0.6 is 0 Å². The van der Waals surface area contributed by atoms with Crippen LogP contribution in [0.5, 0.6) is 0 Å². The average molecular weight is 306 g/mol. The highest BCUT2D eigenvalue weighted by Gasteiger charge is 2.32. The van der Waals surface area contributed by atoms with Crippen LogP contribution in [0.15, 0.2) is 30.3 Å². The van der Waals surface area contributed by atoms with Crippen molar-refractivity contribution < 1.29 is 14.6 Å². The third-order valence-electron chi connectivity index (χ3n) is 4.12. The minimum Gasteiger partial charge on any atom is -0.445 e. The highest BCUT2D eigenvalue weighted by atomic mass is 16.6. The van der Waals surface area contributed by atoms with E-state index < -0.39 is 0 Å². The molecule has 5 heteroatoms. The maximum absolute atomic E-state index is 12.2. The zero-order valence-electron chi connectivity index (χ0n) is 13.4. The van der Waals surface area contributed by atoms with Crippen molar-refractivity contribution in [2.24, 2.45) is 0 Å². The normalized spacial score (nSPS) is 18.2. The Hall–Kier alpha value is -1.59. The predicted molar refractivity (Wildman–Crippen MR) is 85.5 cm³/mol. The zero-order valence-corrected chi connectivity index (χ0v) is 13.4. The molecule has 0 aliphatic carbocycles. The van der Waals surface area contributed by atoms with Gasteiger partial charge in [0.15, 0.2) is 0 Å². The predicted octanol–water partition coefficient (Wildman–Crippen LogP) is 2.10. The van der Waals surface area contributed by atoms with E-state index >= 15 is 0 Å². The molecule has 1 saturated heterocycles. The van der Waals surface area contributed by atoms with Gasteiger partial charge in [-0.25, -0.2) is 4.79 Å². The van der Waals surface area contributed by atoms with Crippen molar-refractivity contribution in [3.8, 4) is 0 Å². The molecule has 1 unspecified atom stereocenters. The van der Waals surface area contributed by atoms with Gasteiger partial charge in [-0.2, -0.15) is 0 Å². The minimum atomic E-state index is -0.251. The minimum absolute atomic E-state index is 0.146. The second kappa shape index (κ2) is 8.15. The Balaban J connectivity index is 1.82. The van der Waals surface area contributed by atoms with Gasteiger partial charge < -0.3 is 14.7 Å². The number of amides is 1. The fourth-order valence-electron chi connectivity index (χ4n) is 2.97. The third-order valence-corrected chi connectivity index (χ3v) is 4.12. The first-order chi connectivity index (χ1) is 10.6. The van der Waals surface area contributed by atoms with Gasteiger partial charge in [-0.1, -0.05) is 30.3 Å². The lowest BCUT2D eigenvalue weighted by atomic mass is 10.2. The van der Waals surface area contributed by atoms with Crippen molar-refractivity contribution in [3.05, 3.63) is 35.9 Å². The summed E-state index contributed by atoms with van der Waals surface area (Å²) >= 11 is 0. The number of carbonyl (C=O) groups excluding carboxylic acids is 1. The van der Waals surface area contributed by atoms with E-state index in [9.17, 15) is 9.90 Å². The van der Waals surface area contributed by atoms with E-state index in [0.717, 1.165) is 12.0 Å². The van der Waals surface area contributed by atoms with Crippen molar-refractivity contribution in [2.75, 3.05) is 26.2 Å². The summed E-state index contributed by atoms with van der Waals surface area (Å²) in [6, 6.07) is 10.4. The molecule has 2 rings (SSSR count). The summed E-state index contributed by atoms with van der Waals surface area (Å²) in [4.78, 5) is 16.2. The van der Waals surface area contributed by atoms with Gasteiger partial charge >= 0.3 is 6.09 Å². The largest absolute Gasteiger partial charge is 0.445 e. The Bertz CT molecular complexity index is 464. The summed E-state index contributed by atoms with van der Waals surface area (Å²) in [5.74, 6) is 0. The summed E-state index contributed by atoms with van der Waals surface area (Å²) in [7, 11) is 0. The summed E-state index contributed by atoms with van der Waals surface area (Å²) in [5, 5.41) is 9.18. The number of likely N-dealkylation sites (tertiary alicyclic amines) is 1. The number of ether oxygens (including phenoxy) is 1. The Morgan fingerprint density at radius 3 is 2.77 bits per heavy atom. The molecule has 0 bridgehead atoms. The number of aliphatic hydroxyl groups is 1. The number of aliphatic hydroxyl groups excluding tert-OH is 1. The lowest BCUT2D eigenvalue weighted by molar-refractivity contribution is 0.0928. The van der Waals surface area contributed by atoms with Gasteiger partial charge in [-0.05, 0) is 25.8 Å². The first-order valence-corrected chi connectivity index (χ1v) is 7.94. The quantitative estimate of drug-likeness (QED) is 0.874. The molecule has 122 valence electrons. The smallest absolute Gasteiger partial charge is 0.410 e. The van der Waals surface area contributed by atoms with Crippen LogP contribution in [0, 0.1) is 0 Å². The highest BCUT2D eigenvalue weighted by molar-refractivity contribution is 5.68. The Morgan fingerprint density at radius 1 is 1.41 bits per heavy atom. The van der Waals surface area contributed by atoms with Gasteiger partial charge in [0.1, 0.15) is 6.61 Å². The molecule has 1 aliphatic rings. The summed E-state index contributed by atoms with van der Waals surface area (Å²) < 4.78 is 5.38. The Labute approximate surface area is 132 Å². The number of benzene rings is 1. The summed E-state index contributed by atoms with van der Waals surface area (Å²) in [5.41, 5.74) is 0.996. The first-order valence-electron chi connectivity index (χ1n) is 7.94. The molecule has 1 aromatic rings. The first kappa shape index (κ1) is 16.8. The summed E-state index contributed by atoms with van der Waals surface area (Å²) in [6.07, 6.45) is 0.678. The molecule has 0 spiro atoms. The maximum Gasteiger partial charge on any atom is 0.410 e. The number of rotatable bonds is 6. The molecule has 1 N–H and O–H groups in total. The molecule has 0 saturated carbocycles. The van der Waals surface area contributed by atoms with E-state index in [-0.39, 0.29) is 12.7 Å². The Morgan fingerprint density at radius 2 is 2.14 bits per heavy atom. The second-order valence-corrected chi connectivity index (χ2v) is 5.98. The lowest BCUT2D eigenvalue weighted by Crippen LogP contribution is -2.44. The summed E-state index contributed by atoms with van der Waals surface area (Å²) in [6.45, 7) is 6.73. The van der Waals surface area contributed by atoms with Crippen LogP contribution in [-0.4, -0.2) is 59.3 Å². The van der Waals surface area contributed by atoms with Gasteiger partial charge in [0.05, 0.1) is 6.61 Å². The van der Waals surface area contributed by atoms with Crippen LogP contribution in [0.4, 0.5) is 4.79 Å². The van der Waals surface area contributed by atoms with Crippen LogP contribution in [0.1, 0.15) is 25.8 Å². The average Bonchev–Trinajstić information content (AvgIpc) is 3.00. The van der Waals surface area contributed by atoms with E-state index in [1.165, 1.54) is 0 Å². The van der Waals surface area contributed by atoms with Crippen molar-refractivity contribution in [1.82, 2.24) is 9.80 Å². The number of carbonyl (C=O) groups is 1. The molecule has 1 aliphatic heterocycles. The molecule has 0 radical (unpaired) electrons. The van der Waals surface area contributed by atoms with Crippen LogP contribution < -0.4 is 0 Å². The second-order valence-electron chi connectivity index (χ2n) is 5.98. The SMILES string of the molecule is CC(C)N(CCO)C1CCN(C(=O)OCc2ccccc2)C1. The molecule has 5 nitrogen and oxygen atoms in total. The van der Waals surface area contributed by atoms with Crippen LogP contribution in [-0.2, 0) is 11.3 Å². The number of nitrogens with zero attached hydrogens (tertiary/aromatic N) is 2. The van der Waals surface area contributed by atoms with Crippen molar-refractivity contribution in [1.29, 1.82) is 0 Å². The van der Waals surface area contributed by atoms with Crippen LogP contribution in [0.25, 0.3) is 0 Å². The van der Waals surface area contributed by atoms with Crippen molar-refractivity contribution >= 4 is 6.09 Å². The topological polar surface area (TPSA) is 53.0 Å². The highest BCUT2D eigenvalue weighted by Crippen LogP contribution is 2.19. The molecule has 1 heterocycles. The monoisotopic (exact) mass is 306 g/mol. The molecule has 1 fully saturated rings. The van der Waals surface area contributed by atoms with E-state index in [4.69, 9.17) is 4.74 Å². The fraction of sp³-hybridized carbons (Fsp3) is 0.588. The van der Waals surface area contributed by atoms with Gasteiger partial charge in [0.2, 0.25) is 0 Å². The molecule has 0 aromatic heterocycles. The van der Waals surface area contributed by atoms with Gasteiger partial charge in [-0.15, -0.1) is 0 Å². The van der Waals surface area contributed by atoms with Gasteiger partial charge in [0.25, 0.3) is 0 Å². The fourth-order valence-corrected chi connectivity index (χ4v) is 2.97. The van der Waals surface area contributed by atoms with Crippen LogP contribution in [0.3, 0.4) is 0 Å². The van der Waals surface area contributed by atoms with Crippen LogP contribution in [0.2, 0.25) is 0 Å². The van der Waals surface area contributed by atoms with Gasteiger partial charge in [-0.3, -0.25) is 4.90 Å². The van der Waals surface area contributed by atoms with E-state index in [1.807, 2.05) is 30.3 Å². The van der Waals surface area contributed by atoms with Crippen molar-refractivity contribution in [3.63, 3.8) is 0 Å². The lowest BCUT2D eigenvalue weighted by Gasteiger charge is -2.31. The molecular weight excluding hydrogens is 280 g/mol. The standard InChI is InChI=1S/C17H26N2O3/c1-14(2)19(10-11-20)16-8-9-18(12-16)17(21)22-13-15-6-4-3-5-7-15/h3-7,14,16,20H,8-13H2,1-2H3. The number of hydrogen-bond acceptors (Lipinski definition) is 4. The molecule has 22 heavy (non-hydrogen) atoms. The van der Waals surface area contributed by atoms with E-state index in [0.29, 0.717) is 38.3 Å². The Kier molecular flexibility index (Phi) is 6.21.